The number of rotatable bonds is 4. The summed E-state index contributed by atoms with van der Waals surface area (Å²) in [4.78, 5) is 23.0. The predicted octanol–water partition coefficient (Wildman–Crippen LogP) is 0.0567. The van der Waals surface area contributed by atoms with E-state index in [-0.39, 0.29) is 12.5 Å². The van der Waals surface area contributed by atoms with E-state index < -0.39 is 17.6 Å². The van der Waals surface area contributed by atoms with Gasteiger partial charge in [0.1, 0.15) is 0 Å². The average Bonchev–Trinajstić information content (AvgIpc) is 2.88. The molecule has 1 aromatic rings. The molecular formula is C12H17N3O5. The van der Waals surface area contributed by atoms with Crippen molar-refractivity contribution >= 4 is 17.6 Å². The summed E-state index contributed by atoms with van der Waals surface area (Å²) in [5, 5.41) is 15.7. The first-order chi connectivity index (χ1) is 9.41. The number of carboxylic acid groups (broad SMARTS) is 1. The highest BCUT2D eigenvalue weighted by Crippen LogP contribution is 2.17. The standard InChI is InChI=1S/C12H17N3O5/c1-12(2,11(17)18)15-6-8(5-13-15)14-10(16)9-7-19-3-4-20-9/h5-6,9H,3-4,7H2,1-2H3,(H,14,16)(H,17,18). The van der Waals surface area contributed by atoms with Crippen LogP contribution in [0.15, 0.2) is 12.4 Å². The highest BCUT2D eigenvalue weighted by atomic mass is 16.6. The van der Waals surface area contributed by atoms with Gasteiger partial charge in [0.05, 0.1) is 31.7 Å². The Bertz CT molecular complexity index is 505. The molecule has 2 N–H and O–H groups in total. The quantitative estimate of drug-likeness (QED) is 0.809. The molecule has 1 saturated heterocycles. The molecule has 2 heterocycles. The first kappa shape index (κ1) is 14.5. The van der Waals surface area contributed by atoms with Gasteiger partial charge in [0.15, 0.2) is 11.6 Å². The van der Waals surface area contributed by atoms with Crippen molar-refractivity contribution < 1.29 is 24.2 Å². The number of amides is 1. The summed E-state index contributed by atoms with van der Waals surface area (Å²) < 4.78 is 11.7. The van der Waals surface area contributed by atoms with Crippen molar-refractivity contribution in [3.05, 3.63) is 12.4 Å². The maximum atomic E-state index is 11.9. The number of nitrogens with zero attached hydrogens (tertiary/aromatic N) is 2. The molecule has 0 bridgehead atoms. The smallest absolute Gasteiger partial charge is 0.331 e. The maximum Gasteiger partial charge on any atom is 0.331 e. The minimum absolute atomic E-state index is 0.209. The Morgan fingerprint density at radius 3 is 2.85 bits per heavy atom. The zero-order valence-electron chi connectivity index (χ0n) is 11.3. The molecule has 1 aromatic heterocycles. The van der Waals surface area contributed by atoms with Gasteiger partial charge >= 0.3 is 5.97 Å². The van der Waals surface area contributed by atoms with Crippen molar-refractivity contribution in [2.24, 2.45) is 0 Å². The summed E-state index contributed by atoms with van der Waals surface area (Å²) in [6, 6.07) is 0. The topological polar surface area (TPSA) is 103 Å². The number of anilines is 1. The summed E-state index contributed by atoms with van der Waals surface area (Å²) in [6.07, 6.45) is 2.21. The van der Waals surface area contributed by atoms with Crippen LogP contribution >= 0.6 is 0 Å². The fourth-order valence-corrected chi connectivity index (χ4v) is 1.65. The number of hydrogen-bond donors (Lipinski definition) is 2. The molecule has 2 rings (SSSR count). The van der Waals surface area contributed by atoms with Crippen LogP contribution in [-0.4, -0.2) is 52.7 Å². The minimum Gasteiger partial charge on any atom is -0.479 e. The van der Waals surface area contributed by atoms with Crippen LogP contribution in [0.2, 0.25) is 0 Å². The lowest BCUT2D eigenvalue weighted by Gasteiger charge is -2.21. The van der Waals surface area contributed by atoms with Gasteiger partial charge in [-0.3, -0.25) is 9.48 Å². The van der Waals surface area contributed by atoms with Gasteiger partial charge in [0, 0.05) is 6.20 Å². The third-order valence-corrected chi connectivity index (χ3v) is 3.05. The van der Waals surface area contributed by atoms with Gasteiger partial charge in [0.2, 0.25) is 0 Å². The van der Waals surface area contributed by atoms with Crippen molar-refractivity contribution in [1.29, 1.82) is 0 Å². The lowest BCUT2D eigenvalue weighted by molar-refractivity contribution is -0.146. The van der Waals surface area contributed by atoms with Crippen molar-refractivity contribution in [2.45, 2.75) is 25.5 Å². The lowest BCUT2D eigenvalue weighted by Crippen LogP contribution is -2.39. The molecule has 8 heteroatoms. The third kappa shape index (κ3) is 2.97. The van der Waals surface area contributed by atoms with Crippen LogP contribution < -0.4 is 5.32 Å². The molecule has 1 amide bonds. The van der Waals surface area contributed by atoms with E-state index in [0.29, 0.717) is 18.9 Å². The van der Waals surface area contributed by atoms with Crippen molar-refractivity contribution in [3.63, 3.8) is 0 Å². The van der Waals surface area contributed by atoms with Gasteiger partial charge in [0.25, 0.3) is 5.91 Å². The highest BCUT2D eigenvalue weighted by molar-refractivity contribution is 5.94. The van der Waals surface area contributed by atoms with E-state index >= 15 is 0 Å². The summed E-state index contributed by atoms with van der Waals surface area (Å²) in [7, 11) is 0. The average molecular weight is 283 g/mol. The maximum absolute atomic E-state index is 11.9. The SMILES string of the molecule is CC(C)(C(=O)O)n1cc(NC(=O)C2COCCO2)cn1. The fraction of sp³-hybridized carbons (Fsp3) is 0.583. The Morgan fingerprint density at radius 2 is 2.25 bits per heavy atom. The third-order valence-electron chi connectivity index (χ3n) is 3.05. The van der Waals surface area contributed by atoms with E-state index in [1.165, 1.54) is 30.9 Å². The molecule has 0 radical (unpaired) electrons. The number of nitrogens with one attached hydrogen (secondary N) is 1. The van der Waals surface area contributed by atoms with Crippen molar-refractivity contribution in [1.82, 2.24) is 9.78 Å². The first-order valence-electron chi connectivity index (χ1n) is 6.20. The van der Waals surface area contributed by atoms with Crippen LogP contribution in [0, 0.1) is 0 Å². The molecule has 1 fully saturated rings. The van der Waals surface area contributed by atoms with Crippen molar-refractivity contribution in [2.75, 3.05) is 25.1 Å². The van der Waals surface area contributed by atoms with Gasteiger partial charge < -0.3 is 19.9 Å². The molecule has 0 saturated carbocycles. The van der Waals surface area contributed by atoms with E-state index in [1.54, 1.807) is 0 Å². The molecule has 110 valence electrons. The van der Waals surface area contributed by atoms with E-state index in [0.717, 1.165) is 0 Å². The Balaban J connectivity index is 2.02. The molecule has 1 unspecified atom stereocenters. The van der Waals surface area contributed by atoms with Crippen molar-refractivity contribution in [3.8, 4) is 0 Å². The highest BCUT2D eigenvalue weighted by Gasteiger charge is 2.30. The number of carboxylic acids is 1. The molecule has 1 atom stereocenters. The van der Waals surface area contributed by atoms with Gasteiger partial charge in [-0.2, -0.15) is 5.10 Å². The van der Waals surface area contributed by atoms with Crippen LogP contribution in [-0.2, 0) is 24.6 Å². The Kier molecular flexibility index (Phi) is 4.05. The molecular weight excluding hydrogens is 266 g/mol. The zero-order chi connectivity index (χ0) is 14.8. The van der Waals surface area contributed by atoms with Crippen LogP contribution in [0.3, 0.4) is 0 Å². The second-order valence-electron chi connectivity index (χ2n) is 4.96. The molecule has 0 aromatic carbocycles. The number of aliphatic carboxylic acids is 1. The van der Waals surface area contributed by atoms with Gasteiger partial charge in [-0.1, -0.05) is 0 Å². The van der Waals surface area contributed by atoms with Gasteiger partial charge in [-0.25, -0.2) is 4.79 Å². The number of aromatic nitrogens is 2. The lowest BCUT2D eigenvalue weighted by atomic mass is 10.1. The molecule has 8 nitrogen and oxygen atoms in total. The Labute approximate surface area is 115 Å². The summed E-state index contributed by atoms with van der Waals surface area (Å²) in [6.45, 7) is 4.11. The van der Waals surface area contributed by atoms with E-state index in [4.69, 9.17) is 14.6 Å². The summed E-state index contributed by atoms with van der Waals surface area (Å²) in [5.74, 6) is -1.35. The molecule has 1 aliphatic rings. The van der Waals surface area contributed by atoms with Crippen LogP contribution in [0.25, 0.3) is 0 Å². The fourth-order valence-electron chi connectivity index (χ4n) is 1.65. The van der Waals surface area contributed by atoms with Crippen LogP contribution in [0.5, 0.6) is 0 Å². The van der Waals surface area contributed by atoms with E-state index in [9.17, 15) is 9.59 Å². The molecule has 0 aliphatic carbocycles. The number of carbonyl (C=O) groups excluding carboxylic acids is 1. The Morgan fingerprint density at radius 1 is 1.50 bits per heavy atom. The molecule has 0 spiro atoms. The van der Waals surface area contributed by atoms with E-state index in [2.05, 4.69) is 10.4 Å². The van der Waals surface area contributed by atoms with Gasteiger partial charge in [-0.05, 0) is 13.8 Å². The summed E-state index contributed by atoms with van der Waals surface area (Å²) >= 11 is 0. The largest absolute Gasteiger partial charge is 0.479 e. The minimum atomic E-state index is -1.19. The number of hydrogen-bond acceptors (Lipinski definition) is 5. The van der Waals surface area contributed by atoms with Crippen LogP contribution in [0.4, 0.5) is 5.69 Å². The monoisotopic (exact) mass is 283 g/mol. The Hall–Kier alpha value is -1.93. The second-order valence-corrected chi connectivity index (χ2v) is 4.96. The summed E-state index contributed by atoms with van der Waals surface area (Å²) in [5.41, 5.74) is -0.772. The number of carbonyl (C=O) groups is 2. The normalized spacial score (nSPS) is 19.6. The molecule has 1 aliphatic heterocycles. The molecule has 20 heavy (non-hydrogen) atoms. The van der Waals surface area contributed by atoms with Crippen LogP contribution in [0.1, 0.15) is 13.8 Å². The van der Waals surface area contributed by atoms with E-state index in [1.807, 2.05) is 0 Å². The van der Waals surface area contributed by atoms with Gasteiger partial charge in [-0.15, -0.1) is 0 Å². The zero-order valence-corrected chi connectivity index (χ0v) is 11.3. The number of ether oxygens (including phenoxy) is 2. The second kappa shape index (κ2) is 5.59. The predicted molar refractivity (Wildman–Crippen MR) is 68.4 cm³/mol. The first-order valence-corrected chi connectivity index (χ1v) is 6.20.